The predicted octanol–water partition coefficient (Wildman–Crippen LogP) is -0.202. The molecule has 4 heteroatoms. The third kappa shape index (κ3) is 5.94. The van der Waals surface area contributed by atoms with Crippen molar-refractivity contribution < 1.29 is 35.3 Å². The first-order valence-corrected chi connectivity index (χ1v) is 9.82. The van der Waals surface area contributed by atoms with E-state index >= 15 is 0 Å². The molecule has 0 aliphatic carbocycles. The minimum absolute atomic E-state index is 0. The Balaban J connectivity index is 0.000000416. The van der Waals surface area contributed by atoms with Crippen LogP contribution in [0.5, 0.6) is 0 Å². The third-order valence-electron chi connectivity index (χ3n) is 3.88. The van der Waals surface area contributed by atoms with Crippen LogP contribution in [0.25, 0.3) is 21.5 Å². The average Bonchev–Trinajstić information content (AvgIpc) is 3.09. The largest absolute Gasteiger partial charge is 4.00 e. The molecule has 0 atom stereocenters. The molecule has 0 saturated carbocycles. The first-order chi connectivity index (χ1) is 10.6. The van der Waals surface area contributed by atoms with Gasteiger partial charge in [-0.2, -0.15) is 12.1 Å². The maximum absolute atomic E-state index is 2.31. The molecule has 0 radical (unpaired) electrons. The van der Waals surface area contributed by atoms with Crippen molar-refractivity contribution in [2.24, 2.45) is 0 Å². The molecule has 0 aliphatic heterocycles. The molecule has 0 unspecified atom stereocenters. The summed E-state index contributed by atoms with van der Waals surface area (Å²) in [6.45, 7) is 6.72. The van der Waals surface area contributed by atoms with Crippen molar-refractivity contribution in [3.8, 4) is 0 Å². The fourth-order valence-electron chi connectivity index (χ4n) is 2.70. The number of hydrogen-bond donors (Lipinski definition) is 0. The molecule has 0 N–H and O–H groups in total. The van der Waals surface area contributed by atoms with E-state index in [0.29, 0.717) is 0 Å². The first-order valence-electron chi connectivity index (χ1n) is 7.58. The second-order valence-electron chi connectivity index (χ2n) is 5.90. The summed E-state index contributed by atoms with van der Waals surface area (Å²) in [6, 6.07) is 26.0. The molecule has 0 bridgehead atoms. The molecule has 4 aromatic carbocycles. The van der Waals surface area contributed by atoms with Crippen LogP contribution in [0.4, 0.5) is 0 Å². The van der Waals surface area contributed by atoms with Gasteiger partial charge in [0.1, 0.15) is 0 Å². The smallest absolute Gasteiger partial charge is 1.00 e. The second-order valence-corrected chi connectivity index (χ2v) is 8.20. The Hall–Kier alpha value is -1.18. The normalized spacial score (nSPS) is 9.60. The second kappa shape index (κ2) is 10.7. The molecule has 128 valence electrons. The van der Waals surface area contributed by atoms with Crippen molar-refractivity contribution >= 4 is 34.8 Å². The van der Waals surface area contributed by atoms with Crippen LogP contribution in [0.1, 0.15) is 5.56 Å². The van der Waals surface area contributed by atoms with Gasteiger partial charge >= 0.3 is 25.8 Å². The van der Waals surface area contributed by atoms with Crippen LogP contribution < -0.4 is 14.7 Å². The van der Waals surface area contributed by atoms with Gasteiger partial charge in [0.05, 0.1) is 0 Å². The van der Waals surface area contributed by atoms with Crippen LogP contribution in [-0.4, -0.2) is 13.3 Å². The molecule has 0 fully saturated rings. The van der Waals surface area contributed by atoms with Gasteiger partial charge in [0.15, 0.2) is 0 Å². The molecule has 0 heterocycles. The molecule has 25 heavy (non-hydrogen) atoms. The van der Waals surface area contributed by atoms with Crippen LogP contribution in [0.15, 0.2) is 72.8 Å². The summed E-state index contributed by atoms with van der Waals surface area (Å²) in [5, 5.41) is 6.96. The fraction of sp³-hybridized carbons (Fsp3) is 0.143. The van der Waals surface area contributed by atoms with Crippen LogP contribution in [0.2, 0.25) is 0 Å². The molecule has 0 spiro atoms. The van der Waals surface area contributed by atoms with E-state index in [1.165, 1.54) is 32.4 Å². The summed E-state index contributed by atoms with van der Waals surface area (Å²) in [4.78, 5) is 0. The quantitative estimate of drug-likeness (QED) is 0.185. The summed E-state index contributed by atoms with van der Waals surface area (Å²) < 4.78 is 0. The summed E-state index contributed by atoms with van der Waals surface area (Å²) in [5.74, 6) is 0. The zero-order chi connectivity index (χ0) is 15.5. The summed E-state index contributed by atoms with van der Waals surface area (Å²) in [7, 11) is 0.0576. The average molecular weight is 521 g/mol. The first kappa shape index (κ1) is 23.8. The predicted molar refractivity (Wildman–Crippen MR) is 102 cm³/mol. The zero-order valence-corrected chi connectivity index (χ0v) is 19.1. The number of aryl methyl sites for hydroxylation is 1. The maximum atomic E-state index is 2.31. The van der Waals surface area contributed by atoms with Crippen molar-refractivity contribution in [3.05, 3.63) is 78.4 Å². The number of rotatable bonds is 1. The van der Waals surface area contributed by atoms with Crippen molar-refractivity contribution in [1.82, 2.24) is 0 Å². The number of fused-ring (bicyclic) bond motifs is 2. The van der Waals surface area contributed by atoms with Crippen molar-refractivity contribution in [1.29, 1.82) is 0 Å². The molecule has 0 aliphatic rings. The summed E-state index contributed by atoms with van der Waals surface area (Å²) in [5.41, 5.74) is 1.35. The topological polar surface area (TPSA) is 0 Å². The third-order valence-corrected chi connectivity index (χ3v) is 5.17. The fourth-order valence-corrected chi connectivity index (χ4v) is 3.49. The molecular weight excluding hydrogens is 500 g/mol. The van der Waals surface area contributed by atoms with Crippen LogP contribution in [-0.2, 0) is 25.8 Å². The zero-order valence-electron chi connectivity index (χ0n) is 14.6. The Kier molecular flexibility index (Phi) is 10.2. The molecule has 0 aromatic heterocycles. The number of hydrogen-bond acceptors (Lipinski definition) is 0. The minimum atomic E-state index is 0. The minimum Gasteiger partial charge on any atom is -1.00 e. The summed E-state index contributed by atoms with van der Waals surface area (Å²) in [6.07, 6.45) is 0. The van der Waals surface area contributed by atoms with Gasteiger partial charge in [-0.3, -0.25) is 0 Å². The molecular formula is C21H21F2HfP. The van der Waals surface area contributed by atoms with Crippen molar-refractivity contribution in [2.45, 2.75) is 6.92 Å². The van der Waals surface area contributed by atoms with Crippen LogP contribution in [0, 0.1) is 6.92 Å². The molecule has 0 nitrogen and oxygen atoms in total. The van der Waals surface area contributed by atoms with E-state index in [1.54, 1.807) is 0 Å². The van der Waals surface area contributed by atoms with E-state index in [1.807, 2.05) is 0 Å². The Bertz CT molecular complexity index is 827. The molecule has 0 amide bonds. The van der Waals surface area contributed by atoms with Crippen molar-refractivity contribution in [3.63, 3.8) is 0 Å². The van der Waals surface area contributed by atoms with Gasteiger partial charge < -0.3 is 9.41 Å². The molecule has 4 rings (SSSR count). The maximum Gasteiger partial charge on any atom is 4.00 e. The van der Waals surface area contributed by atoms with Gasteiger partial charge in [0.2, 0.25) is 0 Å². The van der Waals surface area contributed by atoms with E-state index in [9.17, 15) is 0 Å². The van der Waals surface area contributed by atoms with Gasteiger partial charge in [-0.1, -0.05) is 19.1 Å². The van der Waals surface area contributed by atoms with E-state index in [-0.39, 0.29) is 43.2 Å². The standard InChI is InChI=1S/C11H12P.C10H9.2FH.Hf/c1-12(2)11-7-9-5-3-4-6-10(9)8-11;1-8-6-9-4-2-3-5-10(9)7-8;;;/h3-8H,1-2H3;2-7H,1H3;2*1H;/q2*-1;;;+4/p-2. The van der Waals surface area contributed by atoms with Crippen molar-refractivity contribution in [2.75, 3.05) is 13.3 Å². The molecule has 0 saturated heterocycles. The SMILES string of the molecule is CP(C)c1cc2ccccc2[cH-]1.Cc1cc2ccccc2[cH-]1.[F-].[F-].[Hf+4]. The Morgan fingerprint density at radius 2 is 1.20 bits per heavy atom. The Labute approximate surface area is 168 Å². The van der Waals surface area contributed by atoms with Crippen LogP contribution >= 0.6 is 7.92 Å². The Morgan fingerprint density at radius 3 is 1.68 bits per heavy atom. The van der Waals surface area contributed by atoms with E-state index in [2.05, 4.69) is 93.0 Å². The van der Waals surface area contributed by atoms with Gasteiger partial charge in [0, 0.05) is 0 Å². The van der Waals surface area contributed by atoms with Gasteiger partial charge in [0.25, 0.3) is 0 Å². The summed E-state index contributed by atoms with van der Waals surface area (Å²) >= 11 is 0. The number of halogens is 2. The van der Waals surface area contributed by atoms with Crippen LogP contribution in [0.3, 0.4) is 0 Å². The van der Waals surface area contributed by atoms with E-state index in [0.717, 1.165) is 0 Å². The van der Waals surface area contributed by atoms with E-state index < -0.39 is 0 Å². The van der Waals surface area contributed by atoms with Gasteiger partial charge in [-0.15, -0.1) is 88.9 Å². The molecule has 4 aromatic rings. The van der Waals surface area contributed by atoms with Gasteiger partial charge in [-0.05, 0) is 13.3 Å². The number of benzene rings is 2. The Morgan fingerprint density at radius 1 is 0.720 bits per heavy atom. The monoisotopic (exact) mass is 522 g/mol. The van der Waals surface area contributed by atoms with E-state index in [4.69, 9.17) is 0 Å². The van der Waals surface area contributed by atoms with Gasteiger partial charge in [-0.25, -0.2) is 0 Å².